The van der Waals surface area contributed by atoms with Crippen molar-refractivity contribution in [1.29, 1.82) is 0 Å². The van der Waals surface area contributed by atoms with Crippen LogP contribution in [0.1, 0.15) is 40.5 Å². The van der Waals surface area contributed by atoms with Crippen LogP contribution in [-0.2, 0) is 0 Å². The Hall–Kier alpha value is -0.980. The molecule has 2 aliphatic rings. The fourth-order valence-electron chi connectivity index (χ4n) is 3.71. The molecule has 1 aromatic carbocycles. The maximum Gasteiger partial charge on any atom is 0.0523 e. The van der Waals surface area contributed by atoms with Crippen molar-refractivity contribution in [3.63, 3.8) is 0 Å². The number of hydrogen-bond acceptors (Lipinski definition) is 0. The van der Waals surface area contributed by atoms with Gasteiger partial charge in [-0.15, -0.1) is 0 Å². The Labute approximate surface area is 149 Å². The highest BCUT2D eigenvalue weighted by Crippen LogP contribution is 2.46. The Kier molecular flexibility index (Phi) is 4.51. The van der Waals surface area contributed by atoms with E-state index in [1.54, 1.807) is 0 Å². The average molecular weight is 347 g/mol. The van der Waals surface area contributed by atoms with Gasteiger partial charge in [0.05, 0.1) is 5.03 Å². The first-order valence-electron chi connectivity index (χ1n) is 8.40. The molecule has 0 fully saturated rings. The van der Waals surface area contributed by atoms with E-state index in [4.69, 9.17) is 23.2 Å². The van der Waals surface area contributed by atoms with Crippen molar-refractivity contribution < 1.29 is 0 Å². The summed E-state index contributed by atoms with van der Waals surface area (Å²) < 4.78 is 0. The Morgan fingerprint density at radius 3 is 2.30 bits per heavy atom. The van der Waals surface area contributed by atoms with Gasteiger partial charge in [0.2, 0.25) is 0 Å². The zero-order chi connectivity index (χ0) is 16.8. The monoisotopic (exact) mass is 346 g/mol. The third kappa shape index (κ3) is 2.92. The van der Waals surface area contributed by atoms with Crippen molar-refractivity contribution >= 4 is 33.3 Å². The van der Waals surface area contributed by atoms with Crippen LogP contribution in [0, 0.1) is 17.3 Å². The molecule has 0 saturated carbocycles. The Morgan fingerprint density at radius 1 is 1.04 bits per heavy atom. The summed E-state index contributed by atoms with van der Waals surface area (Å²) in [6.45, 7) is 9.10. The van der Waals surface area contributed by atoms with Crippen LogP contribution < -0.4 is 10.4 Å². The Balaban J connectivity index is 2.26. The first-order chi connectivity index (χ1) is 10.8. The van der Waals surface area contributed by atoms with Gasteiger partial charge in [-0.1, -0.05) is 99.3 Å². The Bertz CT molecular complexity index is 803. The molecule has 0 aromatic heterocycles. The highest BCUT2D eigenvalue weighted by atomic mass is 35.5. The zero-order valence-corrected chi connectivity index (χ0v) is 15.8. The minimum Gasteiger partial charge on any atom is -0.0878 e. The summed E-state index contributed by atoms with van der Waals surface area (Å²) in [7, 11) is 0. The second kappa shape index (κ2) is 6.15. The van der Waals surface area contributed by atoms with Gasteiger partial charge in [-0.2, -0.15) is 0 Å². The maximum absolute atomic E-state index is 6.87. The summed E-state index contributed by atoms with van der Waals surface area (Å²) >= 11 is 13.7. The quantitative estimate of drug-likeness (QED) is 0.643. The van der Waals surface area contributed by atoms with Gasteiger partial charge in [-0.05, 0) is 28.5 Å². The van der Waals surface area contributed by atoms with Gasteiger partial charge in [0, 0.05) is 16.2 Å². The summed E-state index contributed by atoms with van der Waals surface area (Å²) in [4.78, 5) is 0. The molecule has 122 valence electrons. The molecule has 2 unspecified atom stereocenters. The predicted octanol–water partition coefficient (Wildman–Crippen LogP) is 5.34. The van der Waals surface area contributed by atoms with Crippen molar-refractivity contribution in [1.82, 2.24) is 0 Å². The lowest BCUT2D eigenvalue weighted by atomic mass is 9.75. The zero-order valence-electron chi connectivity index (χ0n) is 14.3. The van der Waals surface area contributed by atoms with Gasteiger partial charge in [-0.3, -0.25) is 0 Å². The van der Waals surface area contributed by atoms with Crippen LogP contribution in [0.4, 0.5) is 0 Å². The van der Waals surface area contributed by atoms with E-state index < -0.39 is 0 Å². The fraction of sp³-hybridized carbons (Fsp3) is 0.429. The van der Waals surface area contributed by atoms with E-state index in [1.807, 2.05) is 12.1 Å². The molecule has 1 aromatic rings. The summed E-state index contributed by atoms with van der Waals surface area (Å²) in [5.74, 6) is 0.698. The van der Waals surface area contributed by atoms with E-state index in [-0.39, 0.29) is 11.3 Å². The summed E-state index contributed by atoms with van der Waals surface area (Å²) in [6, 6.07) is 8.22. The first-order valence-corrected chi connectivity index (χ1v) is 9.16. The molecule has 0 amide bonds. The molecule has 0 bridgehead atoms. The lowest BCUT2D eigenvalue weighted by molar-refractivity contribution is 0.389. The summed E-state index contributed by atoms with van der Waals surface area (Å²) in [6.07, 6.45) is 6.66. The molecule has 2 aliphatic carbocycles. The van der Waals surface area contributed by atoms with Crippen molar-refractivity contribution in [2.24, 2.45) is 17.3 Å². The fourth-order valence-corrected chi connectivity index (χ4v) is 4.52. The highest BCUT2D eigenvalue weighted by Gasteiger charge is 2.34. The van der Waals surface area contributed by atoms with Gasteiger partial charge in [0.1, 0.15) is 0 Å². The summed E-state index contributed by atoms with van der Waals surface area (Å²) in [5, 5.41) is 3.97. The highest BCUT2D eigenvalue weighted by molar-refractivity contribution is 6.51. The second-order valence-electron chi connectivity index (χ2n) is 7.62. The van der Waals surface area contributed by atoms with Gasteiger partial charge in [0.25, 0.3) is 0 Å². The maximum atomic E-state index is 6.87. The molecule has 0 N–H and O–H groups in total. The third-order valence-corrected chi connectivity index (χ3v) is 6.05. The van der Waals surface area contributed by atoms with Crippen molar-refractivity contribution in [2.75, 3.05) is 0 Å². The lowest BCUT2D eigenvalue weighted by Gasteiger charge is -2.32. The SMILES string of the molecule is CCC1CC(C(C)(C)C)=CC=C2C(Cl)=c3ccccc3=C(Cl)C21. The van der Waals surface area contributed by atoms with Gasteiger partial charge >= 0.3 is 0 Å². The largest absolute Gasteiger partial charge is 0.0878 e. The van der Waals surface area contributed by atoms with Crippen LogP contribution in [0.5, 0.6) is 0 Å². The molecule has 23 heavy (non-hydrogen) atoms. The van der Waals surface area contributed by atoms with Crippen LogP contribution in [0.2, 0.25) is 0 Å². The number of hydrogen-bond donors (Lipinski definition) is 0. The molecular weight excluding hydrogens is 323 g/mol. The van der Waals surface area contributed by atoms with Crippen LogP contribution in [0.15, 0.2) is 47.6 Å². The average Bonchev–Trinajstić information content (AvgIpc) is 2.72. The standard InChI is InChI=1S/C21H24Cl2/c1-5-13-12-14(21(2,3)4)10-11-17-18(13)20(23)16-9-7-6-8-15(16)19(17)22/h6-11,13,18H,5,12H2,1-4H3. The molecule has 0 spiro atoms. The molecule has 0 nitrogen and oxygen atoms in total. The molecule has 2 heteroatoms. The van der Waals surface area contributed by atoms with Gasteiger partial charge in [0.15, 0.2) is 0 Å². The molecule has 0 heterocycles. The molecule has 2 atom stereocenters. The normalized spacial score (nSPS) is 24.4. The van der Waals surface area contributed by atoms with Gasteiger partial charge in [-0.25, -0.2) is 0 Å². The van der Waals surface area contributed by atoms with E-state index in [2.05, 4.69) is 52.0 Å². The number of halogens is 2. The molecule has 3 rings (SSSR count). The minimum atomic E-state index is 0.170. The van der Waals surface area contributed by atoms with Crippen LogP contribution in [0.25, 0.3) is 10.1 Å². The summed E-state index contributed by atoms with van der Waals surface area (Å²) in [5.41, 5.74) is 2.83. The van der Waals surface area contributed by atoms with E-state index in [0.717, 1.165) is 33.3 Å². The van der Waals surface area contributed by atoms with E-state index in [1.165, 1.54) is 11.1 Å². The van der Waals surface area contributed by atoms with Crippen molar-refractivity contribution in [3.8, 4) is 0 Å². The first kappa shape index (κ1) is 16.9. The minimum absolute atomic E-state index is 0.170. The molecular formula is C21H24Cl2. The van der Waals surface area contributed by atoms with E-state index >= 15 is 0 Å². The van der Waals surface area contributed by atoms with Crippen LogP contribution in [-0.4, -0.2) is 0 Å². The number of allylic oxidation sites excluding steroid dienone is 4. The van der Waals surface area contributed by atoms with Crippen LogP contribution >= 0.6 is 23.2 Å². The number of benzene rings is 1. The molecule has 0 aliphatic heterocycles. The smallest absolute Gasteiger partial charge is 0.0523 e. The number of rotatable bonds is 1. The Morgan fingerprint density at radius 2 is 1.70 bits per heavy atom. The molecule has 0 radical (unpaired) electrons. The van der Waals surface area contributed by atoms with Crippen LogP contribution in [0.3, 0.4) is 0 Å². The van der Waals surface area contributed by atoms with Crippen molar-refractivity contribution in [3.05, 3.63) is 58.0 Å². The second-order valence-corrected chi connectivity index (χ2v) is 8.41. The van der Waals surface area contributed by atoms with Crippen molar-refractivity contribution in [2.45, 2.75) is 40.5 Å². The molecule has 0 saturated heterocycles. The van der Waals surface area contributed by atoms with Gasteiger partial charge < -0.3 is 0 Å². The third-order valence-electron chi connectivity index (χ3n) is 5.19. The lowest BCUT2D eigenvalue weighted by Crippen LogP contribution is -2.36. The van der Waals surface area contributed by atoms with E-state index in [0.29, 0.717) is 5.92 Å². The van der Waals surface area contributed by atoms with E-state index in [9.17, 15) is 0 Å². The predicted molar refractivity (Wildman–Crippen MR) is 102 cm³/mol. The number of fused-ring (bicyclic) bond motifs is 2. The topological polar surface area (TPSA) is 0 Å².